The molecule has 2 aromatic heterocycles. The minimum Gasteiger partial charge on any atom is -0.455 e. The number of alkyl halides is 1. The fraction of sp³-hybridized carbons (Fsp3) is 0.714. The van der Waals surface area contributed by atoms with Crippen molar-refractivity contribution in [1.29, 1.82) is 0 Å². The number of cyclic esters (lactones) is 1. The van der Waals surface area contributed by atoms with Gasteiger partial charge in [-0.3, -0.25) is 19.5 Å². The maximum Gasteiger partial charge on any atom is 0.411 e. The predicted octanol–water partition coefficient (Wildman–Crippen LogP) is 3.25. The Morgan fingerprint density at radius 2 is 1.72 bits per heavy atom. The molecular weight excluding hydrogens is 796 g/mol. The standard InChI is InChI=1S/C42H63FN8O10/c1-13-29(49(10)11)33(53)37(58-15-3)60-36-26(6)35(54)41(8,43)38(55)59-30(14-2)42(9)34(25(5)32(52)24(4)20-40(36,7)57-12)51(39(56)61-42)19-17-16-18-50-23-28(47-48-50)27-21-45-22-31(44)46-27/h21-26,29-30,33-34,36-37,53H,13-15,18-20H2,1-12H3,(H2,44,46)/t24-,25+,26+,29?,30-,33?,34-,36-,37+,40-,41+,42-/m1/s1. The first-order valence-electron chi connectivity index (χ1n) is 20.7. The van der Waals surface area contributed by atoms with Crippen molar-refractivity contribution < 1.29 is 52.4 Å². The molecule has 1 amide bonds. The van der Waals surface area contributed by atoms with Crippen LogP contribution in [0.25, 0.3) is 11.4 Å². The molecule has 2 aliphatic rings. The highest BCUT2D eigenvalue weighted by Gasteiger charge is 2.61. The number of anilines is 1. The van der Waals surface area contributed by atoms with Crippen LogP contribution in [0.5, 0.6) is 0 Å². The molecule has 12 atom stereocenters. The zero-order chi connectivity index (χ0) is 45.6. The van der Waals surface area contributed by atoms with Crippen LogP contribution >= 0.6 is 0 Å². The molecule has 0 aliphatic carbocycles. The van der Waals surface area contributed by atoms with Crippen molar-refractivity contribution in [3.8, 4) is 23.2 Å². The van der Waals surface area contributed by atoms with Gasteiger partial charge in [-0.25, -0.2) is 23.6 Å². The average Bonchev–Trinajstić information content (AvgIpc) is 3.79. The maximum atomic E-state index is 16.9. The van der Waals surface area contributed by atoms with E-state index in [0.717, 1.165) is 6.92 Å². The highest BCUT2D eigenvalue weighted by atomic mass is 19.1. The van der Waals surface area contributed by atoms with Crippen LogP contribution in [-0.4, -0.2) is 151 Å². The molecule has 4 heterocycles. The number of esters is 1. The number of nitrogen functional groups attached to an aromatic ring is 1. The van der Waals surface area contributed by atoms with Gasteiger partial charge in [0.1, 0.15) is 41.7 Å². The number of aliphatic hydroxyl groups excluding tert-OH is 1. The Balaban J connectivity index is 1.75. The molecule has 0 bridgehead atoms. The summed E-state index contributed by atoms with van der Waals surface area (Å²) in [5, 5.41) is 19.7. The molecule has 2 fully saturated rings. The summed E-state index contributed by atoms with van der Waals surface area (Å²) in [6.45, 7) is 14.0. The van der Waals surface area contributed by atoms with E-state index < -0.39 is 89.2 Å². The van der Waals surface area contributed by atoms with Crippen LogP contribution in [0.15, 0.2) is 18.6 Å². The topological polar surface area (TPSA) is 224 Å². The minimum absolute atomic E-state index is 0.0276. The Labute approximate surface area is 357 Å². The average molecular weight is 859 g/mol. The number of ether oxygens (including phenoxy) is 5. The number of nitrogens with zero attached hydrogens (tertiary/aromatic N) is 7. The Kier molecular flexibility index (Phi) is 16.1. The molecule has 0 spiro atoms. The summed E-state index contributed by atoms with van der Waals surface area (Å²) in [7, 11) is 4.96. The molecule has 2 unspecified atom stereocenters. The molecule has 338 valence electrons. The number of aromatic nitrogens is 5. The highest BCUT2D eigenvalue weighted by molar-refractivity contribution is 6.08. The second-order valence-corrected chi connectivity index (χ2v) is 16.7. The normalized spacial score (nSPS) is 31.7. The van der Waals surface area contributed by atoms with Crippen LogP contribution in [0.2, 0.25) is 0 Å². The molecule has 0 saturated carbocycles. The Hall–Kier alpha value is -4.61. The van der Waals surface area contributed by atoms with E-state index in [1.54, 1.807) is 54.9 Å². The van der Waals surface area contributed by atoms with Gasteiger partial charge in [-0.1, -0.05) is 51.7 Å². The van der Waals surface area contributed by atoms with E-state index in [4.69, 9.17) is 29.4 Å². The van der Waals surface area contributed by atoms with Crippen molar-refractivity contribution in [3.63, 3.8) is 0 Å². The van der Waals surface area contributed by atoms with E-state index in [9.17, 15) is 24.3 Å². The number of methoxy groups -OCH3 is 1. The van der Waals surface area contributed by atoms with Crippen molar-refractivity contribution in [2.24, 2.45) is 17.8 Å². The first-order valence-corrected chi connectivity index (χ1v) is 20.7. The molecule has 0 aromatic carbocycles. The number of carbonyl (C=O) groups excluding carboxylic acids is 4. The van der Waals surface area contributed by atoms with E-state index in [1.165, 1.54) is 42.9 Å². The van der Waals surface area contributed by atoms with Crippen molar-refractivity contribution in [3.05, 3.63) is 18.6 Å². The lowest BCUT2D eigenvalue weighted by atomic mass is 9.73. The van der Waals surface area contributed by atoms with Crippen LogP contribution in [0.4, 0.5) is 15.0 Å². The predicted molar refractivity (Wildman–Crippen MR) is 220 cm³/mol. The number of amides is 1. The fourth-order valence-corrected chi connectivity index (χ4v) is 8.74. The number of halogens is 1. The summed E-state index contributed by atoms with van der Waals surface area (Å²) < 4.78 is 48.7. The van der Waals surface area contributed by atoms with Gasteiger partial charge >= 0.3 is 12.1 Å². The Morgan fingerprint density at radius 1 is 1.05 bits per heavy atom. The molecule has 3 N–H and O–H groups in total. The number of carbonyl (C=O) groups is 4. The summed E-state index contributed by atoms with van der Waals surface area (Å²) in [6, 6.07) is -1.51. The highest BCUT2D eigenvalue weighted by Crippen LogP contribution is 2.43. The third-order valence-electron chi connectivity index (χ3n) is 12.1. The zero-order valence-electron chi connectivity index (χ0n) is 37.4. The molecule has 2 aromatic rings. The lowest BCUT2D eigenvalue weighted by molar-refractivity contribution is -0.266. The molecule has 19 heteroatoms. The second-order valence-electron chi connectivity index (χ2n) is 16.7. The minimum atomic E-state index is -3.23. The molecule has 4 rings (SSSR count). The molecular formula is C42H63FN8O10. The summed E-state index contributed by atoms with van der Waals surface area (Å²) >= 11 is 0. The maximum absolute atomic E-state index is 16.9. The third-order valence-corrected chi connectivity index (χ3v) is 12.1. The number of fused-ring (bicyclic) bond motifs is 1. The number of hydrogen-bond acceptors (Lipinski definition) is 16. The Morgan fingerprint density at radius 3 is 2.31 bits per heavy atom. The summed E-state index contributed by atoms with van der Waals surface area (Å²) in [5.74, 6) is -0.0303. The van der Waals surface area contributed by atoms with Gasteiger partial charge in [-0.2, -0.15) is 0 Å². The zero-order valence-corrected chi connectivity index (χ0v) is 37.4. The molecule has 2 aliphatic heterocycles. The van der Waals surface area contributed by atoms with Crippen LogP contribution in [0.1, 0.15) is 81.6 Å². The molecule has 2 saturated heterocycles. The SMILES string of the molecule is CCO[C@@H](O[C@@H]1[C@@H](C)C(=O)[C@](C)(F)C(=O)O[C@H](CC)[C@@]2(C)OC(=O)N(CC#CCn3cc(-c4cncc(N)n4)nn3)[C@@H]2[C@@H](C)C(=O)[C@H](C)C[C@@]1(C)OC)C(O)C(CC)N(C)C. The van der Waals surface area contributed by atoms with E-state index in [-0.39, 0.29) is 44.1 Å². The molecule has 61 heavy (non-hydrogen) atoms. The van der Waals surface area contributed by atoms with Gasteiger partial charge in [0.15, 0.2) is 17.7 Å². The lowest BCUT2D eigenvalue weighted by Crippen LogP contribution is -2.61. The quantitative estimate of drug-likeness (QED) is 0.128. The van der Waals surface area contributed by atoms with E-state index in [1.807, 2.05) is 11.8 Å². The number of hydrogen-bond donors (Lipinski definition) is 2. The van der Waals surface area contributed by atoms with Crippen molar-refractivity contribution in [2.45, 2.75) is 142 Å². The Bertz CT molecular complexity index is 1940. The van der Waals surface area contributed by atoms with Gasteiger partial charge in [-0.05, 0) is 61.1 Å². The van der Waals surface area contributed by atoms with E-state index in [2.05, 4.69) is 32.1 Å². The third kappa shape index (κ3) is 10.4. The van der Waals surface area contributed by atoms with Crippen LogP contribution in [-0.2, 0) is 44.6 Å². The number of aliphatic hydroxyl groups is 1. The van der Waals surface area contributed by atoms with Crippen LogP contribution in [0.3, 0.4) is 0 Å². The van der Waals surface area contributed by atoms with Gasteiger partial charge in [0.25, 0.3) is 5.67 Å². The first kappa shape index (κ1) is 49.0. The van der Waals surface area contributed by atoms with Gasteiger partial charge in [0.2, 0.25) is 0 Å². The van der Waals surface area contributed by atoms with Crippen LogP contribution < -0.4 is 5.73 Å². The van der Waals surface area contributed by atoms with Crippen molar-refractivity contribution >= 4 is 29.4 Å². The summed E-state index contributed by atoms with van der Waals surface area (Å²) in [5.41, 5.74) is 0.169. The monoisotopic (exact) mass is 858 g/mol. The fourth-order valence-electron chi connectivity index (χ4n) is 8.74. The van der Waals surface area contributed by atoms with E-state index >= 15 is 4.39 Å². The number of nitrogens with two attached hydrogens (primary N) is 1. The van der Waals surface area contributed by atoms with Gasteiger partial charge in [0, 0.05) is 37.5 Å². The van der Waals surface area contributed by atoms with Gasteiger partial charge in [0.05, 0.1) is 42.9 Å². The number of likely N-dealkylation sites (N-methyl/N-ethyl adjacent to an activating group) is 1. The van der Waals surface area contributed by atoms with Gasteiger partial charge in [-0.15, -0.1) is 5.10 Å². The van der Waals surface area contributed by atoms with E-state index in [0.29, 0.717) is 17.8 Å². The number of rotatable bonds is 13. The van der Waals surface area contributed by atoms with Crippen molar-refractivity contribution in [1.82, 2.24) is 34.8 Å². The molecule has 0 radical (unpaired) electrons. The smallest absolute Gasteiger partial charge is 0.411 e. The largest absolute Gasteiger partial charge is 0.455 e. The van der Waals surface area contributed by atoms with Crippen molar-refractivity contribution in [2.75, 3.05) is 40.1 Å². The number of ketones is 2. The molecule has 18 nitrogen and oxygen atoms in total. The lowest BCUT2D eigenvalue weighted by Gasteiger charge is -2.45. The summed E-state index contributed by atoms with van der Waals surface area (Å²) in [4.78, 5) is 68.0. The summed E-state index contributed by atoms with van der Waals surface area (Å²) in [6.07, 6.45) is -1.05. The van der Waals surface area contributed by atoms with Crippen LogP contribution in [0, 0.1) is 29.6 Å². The van der Waals surface area contributed by atoms with Gasteiger partial charge < -0.3 is 39.4 Å². The second kappa shape index (κ2) is 20.1. The first-order chi connectivity index (χ1) is 28.6. The number of Topliss-reactive ketones (excluding diaryl/α,β-unsaturated/α-hetero) is 2.